The zero-order chi connectivity index (χ0) is 17.3. The summed E-state index contributed by atoms with van der Waals surface area (Å²) in [6, 6.07) is 11.9. The fourth-order valence-corrected chi connectivity index (χ4v) is 3.06. The van der Waals surface area contributed by atoms with Crippen molar-refractivity contribution in [3.63, 3.8) is 0 Å². The quantitative estimate of drug-likeness (QED) is 0.596. The van der Waals surface area contributed by atoms with Crippen LogP contribution in [0, 0.1) is 6.92 Å². The van der Waals surface area contributed by atoms with E-state index in [1.54, 1.807) is 0 Å². The number of alkyl halides is 3. The van der Waals surface area contributed by atoms with Crippen molar-refractivity contribution in [1.29, 1.82) is 0 Å². The van der Waals surface area contributed by atoms with Gasteiger partial charge >= 0.3 is 6.18 Å². The number of benzene rings is 2. The highest BCUT2D eigenvalue weighted by Gasteiger charge is 2.31. The van der Waals surface area contributed by atoms with Gasteiger partial charge in [0.25, 0.3) is 0 Å². The Kier molecular flexibility index (Phi) is 4.24. The SMILES string of the molecule is Cc1ccc(-c2ncsc2C(=O)c2cccc(C(F)(F)F)c2)cc1. The number of aryl methyl sites for hydroxylation is 1. The average Bonchev–Trinajstić information content (AvgIpc) is 3.04. The third-order valence-corrected chi connectivity index (χ3v) is 4.38. The molecular weight excluding hydrogens is 335 g/mol. The number of carbonyl (C=O) groups is 1. The largest absolute Gasteiger partial charge is 0.416 e. The molecule has 0 saturated heterocycles. The minimum atomic E-state index is -4.48. The van der Waals surface area contributed by atoms with Gasteiger partial charge in [-0.2, -0.15) is 13.2 Å². The first-order valence-electron chi connectivity index (χ1n) is 7.09. The van der Waals surface area contributed by atoms with Crippen LogP contribution in [-0.4, -0.2) is 10.8 Å². The molecule has 6 heteroatoms. The molecule has 0 saturated carbocycles. The van der Waals surface area contributed by atoms with E-state index in [-0.39, 0.29) is 5.56 Å². The molecule has 0 N–H and O–H groups in total. The van der Waals surface area contributed by atoms with E-state index in [9.17, 15) is 18.0 Å². The normalized spacial score (nSPS) is 11.5. The zero-order valence-electron chi connectivity index (χ0n) is 12.6. The number of hydrogen-bond acceptors (Lipinski definition) is 3. The molecule has 1 aromatic heterocycles. The average molecular weight is 347 g/mol. The summed E-state index contributed by atoms with van der Waals surface area (Å²) in [5.74, 6) is -0.459. The third-order valence-electron chi connectivity index (χ3n) is 3.55. The van der Waals surface area contributed by atoms with Crippen LogP contribution in [0.15, 0.2) is 54.0 Å². The van der Waals surface area contributed by atoms with Gasteiger partial charge in [-0.05, 0) is 19.1 Å². The van der Waals surface area contributed by atoms with Gasteiger partial charge in [-0.15, -0.1) is 11.3 Å². The molecule has 3 rings (SSSR count). The Morgan fingerprint density at radius 3 is 2.46 bits per heavy atom. The lowest BCUT2D eigenvalue weighted by molar-refractivity contribution is -0.137. The standard InChI is InChI=1S/C18H12F3NOS/c1-11-5-7-12(8-6-11)15-17(24-10-22-15)16(23)13-3-2-4-14(9-13)18(19,20)21/h2-10H,1H3. The maximum absolute atomic E-state index is 12.8. The first kappa shape index (κ1) is 16.4. The van der Waals surface area contributed by atoms with Gasteiger partial charge < -0.3 is 0 Å². The van der Waals surface area contributed by atoms with Gasteiger partial charge in [0.05, 0.1) is 16.8 Å². The molecule has 24 heavy (non-hydrogen) atoms. The van der Waals surface area contributed by atoms with Crippen LogP contribution >= 0.6 is 11.3 Å². The number of ketones is 1. The van der Waals surface area contributed by atoms with Crippen molar-refractivity contribution < 1.29 is 18.0 Å². The van der Waals surface area contributed by atoms with E-state index >= 15 is 0 Å². The summed E-state index contributed by atoms with van der Waals surface area (Å²) < 4.78 is 38.5. The van der Waals surface area contributed by atoms with Crippen LogP contribution in [0.25, 0.3) is 11.3 Å². The number of nitrogens with zero attached hydrogens (tertiary/aromatic N) is 1. The van der Waals surface area contributed by atoms with Gasteiger partial charge in [-0.25, -0.2) is 4.98 Å². The molecule has 122 valence electrons. The smallest absolute Gasteiger partial charge is 0.288 e. The minimum absolute atomic E-state index is 0.00226. The van der Waals surface area contributed by atoms with Crippen LogP contribution in [0.2, 0.25) is 0 Å². The van der Waals surface area contributed by atoms with Crippen LogP contribution in [-0.2, 0) is 6.18 Å². The molecule has 0 atom stereocenters. The van der Waals surface area contributed by atoms with E-state index in [4.69, 9.17) is 0 Å². The number of aromatic nitrogens is 1. The molecule has 0 aliphatic rings. The molecular formula is C18H12F3NOS. The molecule has 0 radical (unpaired) electrons. The monoisotopic (exact) mass is 347 g/mol. The first-order valence-corrected chi connectivity index (χ1v) is 7.97. The van der Waals surface area contributed by atoms with Crippen LogP contribution < -0.4 is 0 Å². The van der Waals surface area contributed by atoms with Gasteiger partial charge in [-0.3, -0.25) is 4.79 Å². The minimum Gasteiger partial charge on any atom is -0.288 e. The molecule has 0 spiro atoms. The highest BCUT2D eigenvalue weighted by atomic mass is 32.1. The summed E-state index contributed by atoms with van der Waals surface area (Å²) in [5, 5.41) is 0. The second kappa shape index (κ2) is 6.20. The van der Waals surface area contributed by atoms with E-state index in [1.165, 1.54) is 17.6 Å². The molecule has 0 fully saturated rings. The van der Waals surface area contributed by atoms with Crippen molar-refractivity contribution in [1.82, 2.24) is 4.98 Å². The molecule has 0 bridgehead atoms. The maximum atomic E-state index is 12.8. The lowest BCUT2D eigenvalue weighted by Gasteiger charge is -2.08. The number of thiazole rings is 1. The fraction of sp³-hybridized carbons (Fsp3) is 0.111. The van der Waals surface area contributed by atoms with Crippen molar-refractivity contribution in [3.05, 3.63) is 75.6 Å². The lowest BCUT2D eigenvalue weighted by atomic mass is 10.0. The first-order chi connectivity index (χ1) is 11.4. The summed E-state index contributed by atoms with van der Waals surface area (Å²) in [5.41, 5.74) is 3.01. The highest BCUT2D eigenvalue weighted by molar-refractivity contribution is 7.12. The van der Waals surface area contributed by atoms with Crippen molar-refractivity contribution in [2.45, 2.75) is 13.1 Å². The number of hydrogen-bond donors (Lipinski definition) is 0. The van der Waals surface area contributed by atoms with E-state index in [0.717, 1.165) is 34.6 Å². The van der Waals surface area contributed by atoms with E-state index < -0.39 is 17.5 Å². The summed E-state index contributed by atoms with van der Waals surface area (Å²) in [6.45, 7) is 1.94. The second-order valence-electron chi connectivity index (χ2n) is 5.30. The Labute approximate surface area is 140 Å². The number of halogens is 3. The third kappa shape index (κ3) is 3.23. The predicted octanol–water partition coefficient (Wildman–Crippen LogP) is 5.37. The Morgan fingerprint density at radius 2 is 1.79 bits per heavy atom. The topological polar surface area (TPSA) is 30.0 Å². The Balaban J connectivity index is 2.00. The van der Waals surface area contributed by atoms with Crippen LogP contribution in [0.5, 0.6) is 0 Å². The van der Waals surface area contributed by atoms with Gasteiger partial charge in [0, 0.05) is 11.1 Å². The van der Waals surface area contributed by atoms with Gasteiger partial charge in [0.15, 0.2) is 0 Å². The van der Waals surface area contributed by atoms with Crippen molar-refractivity contribution in [2.24, 2.45) is 0 Å². The highest BCUT2D eigenvalue weighted by Crippen LogP contribution is 2.32. The summed E-state index contributed by atoms with van der Waals surface area (Å²) in [4.78, 5) is 17.2. The molecule has 2 nitrogen and oxygen atoms in total. The van der Waals surface area contributed by atoms with E-state index in [1.807, 2.05) is 31.2 Å². The fourth-order valence-electron chi connectivity index (χ4n) is 2.29. The van der Waals surface area contributed by atoms with Crippen molar-refractivity contribution in [3.8, 4) is 11.3 Å². The lowest BCUT2D eigenvalue weighted by Crippen LogP contribution is -2.08. The molecule has 0 amide bonds. The number of rotatable bonds is 3. The van der Waals surface area contributed by atoms with E-state index in [0.29, 0.717) is 10.6 Å². The van der Waals surface area contributed by atoms with Crippen molar-refractivity contribution in [2.75, 3.05) is 0 Å². The van der Waals surface area contributed by atoms with E-state index in [2.05, 4.69) is 4.98 Å². The molecule has 3 aromatic rings. The molecule has 2 aromatic carbocycles. The molecule has 0 aliphatic carbocycles. The van der Waals surface area contributed by atoms with Crippen LogP contribution in [0.1, 0.15) is 26.4 Å². The van der Waals surface area contributed by atoms with Crippen molar-refractivity contribution >= 4 is 17.1 Å². The molecule has 0 unspecified atom stereocenters. The second-order valence-corrected chi connectivity index (χ2v) is 6.16. The Morgan fingerprint density at radius 1 is 1.08 bits per heavy atom. The summed E-state index contributed by atoms with van der Waals surface area (Å²) in [7, 11) is 0. The Bertz CT molecular complexity index is 882. The summed E-state index contributed by atoms with van der Waals surface area (Å²) >= 11 is 1.12. The summed E-state index contributed by atoms with van der Waals surface area (Å²) in [6.07, 6.45) is -4.48. The van der Waals surface area contributed by atoms with Crippen LogP contribution in [0.4, 0.5) is 13.2 Å². The molecule has 1 heterocycles. The van der Waals surface area contributed by atoms with Gasteiger partial charge in [-0.1, -0.05) is 42.0 Å². The maximum Gasteiger partial charge on any atom is 0.416 e. The number of carbonyl (C=O) groups excluding carboxylic acids is 1. The van der Waals surface area contributed by atoms with Gasteiger partial charge in [0.2, 0.25) is 5.78 Å². The molecule has 0 aliphatic heterocycles. The zero-order valence-corrected chi connectivity index (χ0v) is 13.4. The van der Waals surface area contributed by atoms with Gasteiger partial charge in [0.1, 0.15) is 4.88 Å². The Hall–Kier alpha value is -2.47. The predicted molar refractivity (Wildman–Crippen MR) is 87.2 cm³/mol. The van der Waals surface area contributed by atoms with Crippen LogP contribution in [0.3, 0.4) is 0 Å².